The molecule has 0 aromatic rings. The average Bonchev–Trinajstić information content (AvgIpc) is 2.70. The fourth-order valence-corrected chi connectivity index (χ4v) is 4.14. The van der Waals surface area contributed by atoms with Crippen molar-refractivity contribution < 1.29 is 19.1 Å². The summed E-state index contributed by atoms with van der Waals surface area (Å²) in [5, 5.41) is 0. The molecule has 1 aliphatic carbocycles. The summed E-state index contributed by atoms with van der Waals surface area (Å²) in [4.78, 5) is 25.4. The van der Waals surface area contributed by atoms with Crippen molar-refractivity contribution in [2.75, 3.05) is 13.2 Å². The zero-order valence-electron chi connectivity index (χ0n) is 18.5. The van der Waals surface area contributed by atoms with Crippen LogP contribution < -0.4 is 0 Å². The molecule has 0 saturated heterocycles. The van der Waals surface area contributed by atoms with Gasteiger partial charge in [-0.1, -0.05) is 71.1 Å². The molecular formula is C24H42O4. The summed E-state index contributed by atoms with van der Waals surface area (Å²) in [5.41, 5.74) is 1.20. The van der Waals surface area contributed by atoms with Crippen molar-refractivity contribution in [3.05, 3.63) is 11.1 Å². The van der Waals surface area contributed by atoms with Crippen LogP contribution in [0.3, 0.4) is 0 Å². The average molecular weight is 395 g/mol. The number of carbonyl (C=O) groups is 2. The van der Waals surface area contributed by atoms with Gasteiger partial charge < -0.3 is 9.47 Å². The highest BCUT2D eigenvalue weighted by atomic mass is 16.5. The minimum absolute atomic E-state index is 0.140. The molecule has 162 valence electrons. The fourth-order valence-electron chi connectivity index (χ4n) is 4.14. The van der Waals surface area contributed by atoms with Gasteiger partial charge in [-0.2, -0.15) is 0 Å². The Morgan fingerprint density at radius 3 is 1.82 bits per heavy atom. The predicted octanol–water partition coefficient (Wildman–Crippen LogP) is 6.52. The normalized spacial score (nSPS) is 15.8. The maximum Gasteiger partial charge on any atom is 0.334 e. The summed E-state index contributed by atoms with van der Waals surface area (Å²) in [6.45, 7) is 6.54. The predicted molar refractivity (Wildman–Crippen MR) is 114 cm³/mol. The number of esters is 2. The van der Waals surface area contributed by atoms with Gasteiger partial charge in [0.25, 0.3) is 0 Å². The molecule has 1 aliphatic rings. The van der Waals surface area contributed by atoms with Crippen molar-refractivity contribution in [3.8, 4) is 0 Å². The fraction of sp³-hybridized carbons (Fsp3) is 0.833. The smallest absolute Gasteiger partial charge is 0.334 e. The summed E-state index contributed by atoms with van der Waals surface area (Å²) in [6, 6.07) is 0. The van der Waals surface area contributed by atoms with Crippen LogP contribution in [0.25, 0.3) is 0 Å². The van der Waals surface area contributed by atoms with Gasteiger partial charge in [-0.05, 0) is 45.4 Å². The van der Waals surface area contributed by atoms with Crippen LogP contribution in [-0.4, -0.2) is 25.2 Å². The molecule has 0 aliphatic heterocycles. The first-order chi connectivity index (χ1) is 13.7. The van der Waals surface area contributed by atoms with Crippen LogP contribution in [0, 0.1) is 5.92 Å². The molecule has 0 amide bonds. The van der Waals surface area contributed by atoms with Crippen LogP contribution in [0.4, 0.5) is 0 Å². The molecule has 1 rings (SSSR count). The standard InChI is InChI=1S/C24H42O4/c1-4-7-8-9-10-11-12-16-19-21(23(25)27-5-2)22(24(26)28-6-3)20-17-14-13-15-18-20/h20H,4-19H2,1-3H3/b22-21-. The Balaban J connectivity index is 2.80. The van der Waals surface area contributed by atoms with E-state index in [1.807, 2.05) is 13.8 Å². The molecule has 0 aromatic heterocycles. The molecule has 0 unspecified atom stereocenters. The maximum absolute atomic E-state index is 12.7. The van der Waals surface area contributed by atoms with Crippen molar-refractivity contribution in [1.82, 2.24) is 0 Å². The summed E-state index contributed by atoms with van der Waals surface area (Å²) in [5.74, 6) is -0.489. The Morgan fingerprint density at radius 1 is 0.714 bits per heavy atom. The minimum Gasteiger partial charge on any atom is -0.463 e. The van der Waals surface area contributed by atoms with E-state index in [1.54, 1.807) is 0 Å². The van der Waals surface area contributed by atoms with Gasteiger partial charge in [-0.3, -0.25) is 0 Å². The summed E-state index contributed by atoms with van der Waals surface area (Å²) >= 11 is 0. The second kappa shape index (κ2) is 15.6. The Morgan fingerprint density at radius 2 is 1.25 bits per heavy atom. The number of ether oxygens (including phenoxy) is 2. The minimum atomic E-state index is -0.320. The van der Waals surface area contributed by atoms with Gasteiger partial charge in [0.15, 0.2) is 0 Å². The molecule has 28 heavy (non-hydrogen) atoms. The van der Waals surface area contributed by atoms with E-state index in [2.05, 4.69) is 6.92 Å². The van der Waals surface area contributed by atoms with Crippen LogP contribution in [0.15, 0.2) is 11.1 Å². The van der Waals surface area contributed by atoms with Crippen LogP contribution in [0.2, 0.25) is 0 Å². The highest BCUT2D eigenvalue weighted by molar-refractivity contribution is 6.00. The zero-order valence-corrected chi connectivity index (χ0v) is 18.5. The summed E-state index contributed by atoms with van der Waals surface area (Å²) in [7, 11) is 0. The van der Waals surface area contributed by atoms with Crippen LogP contribution in [-0.2, 0) is 19.1 Å². The number of unbranched alkanes of at least 4 members (excludes halogenated alkanes) is 7. The van der Waals surface area contributed by atoms with Gasteiger partial charge in [-0.15, -0.1) is 0 Å². The van der Waals surface area contributed by atoms with Gasteiger partial charge in [0.05, 0.1) is 18.8 Å². The van der Waals surface area contributed by atoms with Gasteiger partial charge >= 0.3 is 11.9 Å². The molecule has 4 nitrogen and oxygen atoms in total. The molecule has 0 radical (unpaired) electrons. The van der Waals surface area contributed by atoms with Crippen LogP contribution in [0.5, 0.6) is 0 Å². The molecule has 0 N–H and O–H groups in total. The molecular weight excluding hydrogens is 352 g/mol. The third kappa shape index (κ3) is 9.25. The molecule has 0 bridgehead atoms. The van der Waals surface area contributed by atoms with Crippen molar-refractivity contribution in [3.63, 3.8) is 0 Å². The highest BCUT2D eigenvalue weighted by Crippen LogP contribution is 2.34. The lowest BCUT2D eigenvalue weighted by Gasteiger charge is -2.25. The molecule has 0 spiro atoms. The molecule has 1 fully saturated rings. The van der Waals surface area contributed by atoms with E-state index in [1.165, 1.54) is 44.9 Å². The lowest BCUT2D eigenvalue weighted by Crippen LogP contribution is -2.24. The SMILES string of the molecule is CCCCCCCCCC/C(C(=O)OCC)=C(/C(=O)OCC)C1CCCCC1. The van der Waals surface area contributed by atoms with Crippen LogP contribution >= 0.6 is 0 Å². The number of hydrogen-bond acceptors (Lipinski definition) is 4. The number of rotatable bonds is 14. The van der Waals surface area contributed by atoms with E-state index in [0.29, 0.717) is 30.8 Å². The van der Waals surface area contributed by atoms with Crippen molar-refractivity contribution in [2.45, 2.75) is 111 Å². The molecule has 0 heterocycles. The second-order valence-electron chi connectivity index (χ2n) is 7.89. The van der Waals surface area contributed by atoms with E-state index in [-0.39, 0.29) is 17.9 Å². The monoisotopic (exact) mass is 394 g/mol. The van der Waals surface area contributed by atoms with E-state index in [4.69, 9.17) is 9.47 Å². The van der Waals surface area contributed by atoms with Crippen molar-refractivity contribution in [2.24, 2.45) is 5.92 Å². The number of carbonyl (C=O) groups excluding carboxylic acids is 2. The Kier molecular flexibility index (Phi) is 13.8. The van der Waals surface area contributed by atoms with Crippen molar-refractivity contribution >= 4 is 11.9 Å². The van der Waals surface area contributed by atoms with Gasteiger partial charge in [0.1, 0.15) is 0 Å². The molecule has 0 aromatic carbocycles. The third-order valence-electron chi connectivity index (χ3n) is 5.64. The van der Waals surface area contributed by atoms with E-state index < -0.39 is 0 Å². The topological polar surface area (TPSA) is 52.6 Å². The quantitative estimate of drug-likeness (QED) is 0.191. The second-order valence-corrected chi connectivity index (χ2v) is 7.89. The largest absolute Gasteiger partial charge is 0.463 e. The lowest BCUT2D eigenvalue weighted by molar-refractivity contribution is -0.142. The lowest BCUT2D eigenvalue weighted by atomic mass is 9.80. The van der Waals surface area contributed by atoms with Crippen LogP contribution in [0.1, 0.15) is 111 Å². The van der Waals surface area contributed by atoms with E-state index in [9.17, 15) is 9.59 Å². The Labute approximate surface area is 172 Å². The molecule has 0 atom stereocenters. The molecule has 1 saturated carbocycles. The van der Waals surface area contributed by atoms with E-state index in [0.717, 1.165) is 38.5 Å². The summed E-state index contributed by atoms with van der Waals surface area (Å²) in [6.07, 6.45) is 15.7. The third-order valence-corrected chi connectivity index (χ3v) is 5.64. The van der Waals surface area contributed by atoms with Gasteiger partial charge in [-0.25, -0.2) is 9.59 Å². The Bertz CT molecular complexity index is 475. The first-order valence-electron chi connectivity index (χ1n) is 11.7. The van der Waals surface area contributed by atoms with Gasteiger partial charge in [0, 0.05) is 5.57 Å². The Hall–Kier alpha value is -1.32. The maximum atomic E-state index is 12.7. The zero-order chi connectivity index (χ0) is 20.6. The van der Waals surface area contributed by atoms with E-state index >= 15 is 0 Å². The van der Waals surface area contributed by atoms with Crippen molar-refractivity contribution in [1.29, 1.82) is 0 Å². The highest BCUT2D eigenvalue weighted by Gasteiger charge is 2.30. The van der Waals surface area contributed by atoms with Gasteiger partial charge in [0.2, 0.25) is 0 Å². The summed E-state index contributed by atoms with van der Waals surface area (Å²) < 4.78 is 10.7. The number of hydrogen-bond donors (Lipinski definition) is 0. The first kappa shape index (κ1) is 24.7. The molecule has 4 heteroatoms. The first-order valence-corrected chi connectivity index (χ1v) is 11.7.